The van der Waals surface area contributed by atoms with Crippen molar-refractivity contribution < 1.29 is 4.79 Å². The molecule has 0 bridgehead atoms. The average Bonchev–Trinajstić information content (AvgIpc) is 3.41. The molecule has 1 saturated heterocycles. The van der Waals surface area contributed by atoms with Gasteiger partial charge in [0.2, 0.25) is 0 Å². The van der Waals surface area contributed by atoms with E-state index in [1.54, 1.807) is 24.0 Å². The monoisotopic (exact) mass is 420 g/mol. The first-order chi connectivity index (χ1) is 14.8. The number of fused-ring (bicyclic) bond motifs is 1. The second kappa shape index (κ2) is 8.65. The number of rotatable bonds is 4. The number of hydrogen-bond acceptors (Lipinski definition) is 5. The van der Waals surface area contributed by atoms with Crippen LogP contribution >= 0.6 is 0 Å². The molecule has 1 fully saturated rings. The highest BCUT2D eigenvalue weighted by Gasteiger charge is 2.24. The number of nitrogens with zero attached hydrogens (tertiary/aromatic N) is 5. The van der Waals surface area contributed by atoms with Gasteiger partial charge in [-0.1, -0.05) is 19.9 Å². The van der Waals surface area contributed by atoms with Gasteiger partial charge in [0.05, 0.1) is 24.0 Å². The summed E-state index contributed by atoms with van der Waals surface area (Å²) in [6.07, 6.45) is 5.90. The molecule has 1 aliphatic carbocycles. The van der Waals surface area contributed by atoms with Crippen LogP contribution < -0.4 is 4.90 Å². The molecule has 0 amide bonds. The van der Waals surface area contributed by atoms with Gasteiger partial charge in [-0.15, -0.1) is 0 Å². The molecule has 1 unspecified atom stereocenters. The molecule has 7 nitrogen and oxygen atoms in total. The van der Waals surface area contributed by atoms with Crippen LogP contribution in [0.1, 0.15) is 71.7 Å². The van der Waals surface area contributed by atoms with Gasteiger partial charge in [0.25, 0.3) is 0 Å². The number of aryl methyl sites for hydroxylation is 2. The van der Waals surface area contributed by atoms with Gasteiger partial charge in [0.1, 0.15) is 5.82 Å². The van der Waals surface area contributed by atoms with E-state index in [-0.39, 0.29) is 5.78 Å². The molecule has 0 radical (unpaired) electrons. The summed E-state index contributed by atoms with van der Waals surface area (Å²) in [4.78, 5) is 18.3. The second-order valence-electron chi connectivity index (χ2n) is 9.06. The molecule has 7 heteroatoms. The van der Waals surface area contributed by atoms with Crippen LogP contribution in [0.2, 0.25) is 0 Å². The smallest absolute Gasteiger partial charge is 0.162 e. The predicted octanol–water partition coefficient (Wildman–Crippen LogP) is 4.06. The largest absolute Gasteiger partial charge is 0.356 e. The Balaban J connectivity index is 0.000000192. The van der Waals surface area contributed by atoms with Crippen molar-refractivity contribution in [2.45, 2.75) is 59.9 Å². The maximum atomic E-state index is 11.3. The third-order valence-corrected chi connectivity index (χ3v) is 6.34. The highest BCUT2D eigenvalue weighted by atomic mass is 16.1. The predicted molar refractivity (Wildman–Crippen MR) is 122 cm³/mol. The third kappa shape index (κ3) is 4.55. The number of pyridine rings is 1. The zero-order valence-electron chi connectivity index (χ0n) is 19.1. The number of nitrogens with one attached hydrogen (secondary N) is 1. The van der Waals surface area contributed by atoms with Crippen LogP contribution in [-0.4, -0.2) is 43.8 Å². The van der Waals surface area contributed by atoms with Crippen molar-refractivity contribution in [3.05, 3.63) is 58.3 Å². The zero-order chi connectivity index (χ0) is 22.1. The van der Waals surface area contributed by atoms with E-state index in [1.807, 2.05) is 6.92 Å². The fourth-order valence-corrected chi connectivity index (χ4v) is 4.30. The third-order valence-electron chi connectivity index (χ3n) is 6.34. The lowest BCUT2D eigenvalue weighted by Crippen LogP contribution is -2.45. The minimum atomic E-state index is 0.0401. The fourth-order valence-electron chi connectivity index (χ4n) is 4.30. The SMILES string of the molecule is CC(=O)c1cnn(Cc2ccc(N3CC(C)C3)nc2C)c1.Cc1[nH]nc2c1CCC2C. The zero-order valence-corrected chi connectivity index (χ0v) is 19.1. The first kappa shape index (κ1) is 21.3. The summed E-state index contributed by atoms with van der Waals surface area (Å²) in [6, 6.07) is 4.18. The van der Waals surface area contributed by atoms with Gasteiger partial charge in [-0.3, -0.25) is 14.6 Å². The van der Waals surface area contributed by atoms with Gasteiger partial charge < -0.3 is 4.90 Å². The van der Waals surface area contributed by atoms with E-state index in [0.29, 0.717) is 18.0 Å². The quantitative estimate of drug-likeness (QED) is 0.644. The van der Waals surface area contributed by atoms with Crippen molar-refractivity contribution in [2.75, 3.05) is 18.0 Å². The van der Waals surface area contributed by atoms with E-state index >= 15 is 0 Å². The molecule has 0 spiro atoms. The number of Topliss-reactive ketones (excluding diaryl/α,β-unsaturated/α-hetero) is 1. The Hall–Kier alpha value is -2.96. The van der Waals surface area contributed by atoms with E-state index < -0.39 is 0 Å². The molecular formula is C24H32N6O. The van der Waals surface area contributed by atoms with Gasteiger partial charge in [-0.25, -0.2) is 4.98 Å². The highest BCUT2D eigenvalue weighted by Crippen LogP contribution is 2.32. The van der Waals surface area contributed by atoms with Crippen molar-refractivity contribution in [1.82, 2.24) is 25.0 Å². The molecule has 0 saturated carbocycles. The Morgan fingerprint density at radius 1 is 1.23 bits per heavy atom. The Labute approximate surface area is 183 Å². The molecule has 164 valence electrons. The lowest BCUT2D eigenvalue weighted by atomic mass is 10.0. The molecule has 2 aliphatic rings. The fraction of sp³-hybridized carbons (Fsp3) is 0.500. The van der Waals surface area contributed by atoms with Crippen molar-refractivity contribution >= 4 is 11.6 Å². The van der Waals surface area contributed by atoms with Crippen molar-refractivity contribution in [1.29, 1.82) is 0 Å². The number of carbonyl (C=O) groups is 1. The van der Waals surface area contributed by atoms with Crippen molar-refractivity contribution in [2.24, 2.45) is 5.92 Å². The van der Waals surface area contributed by atoms with Gasteiger partial charge >= 0.3 is 0 Å². The standard InChI is InChI=1S/C16H20N4O.C8H12N2/c1-11-7-19(8-11)16-5-4-14(12(2)18-16)9-20-10-15(6-17-20)13(3)21;1-5-3-4-7-6(2)9-10-8(5)7/h4-6,10-11H,7-9H2,1-3H3;5H,3-4H2,1-2H3,(H,9,10). The first-order valence-corrected chi connectivity index (χ1v) is 11.1. The Morgan fingerprint density at radius 3 is 2.61 bits per heavy atom. The summed E-state index contributed by atoms with van der Waals surface area (Å²) in [6.45, 7) is 13.0. The number of hydrogen-bond donors (Lipinski definition) is 1. The minimum Gasteiger partial charge on any atom is -0.356 e. The molecule has 1 N–H and O–H groups in total. The second-order valence-corrected chi connectivity index (χ2v) is 9.06. The number of anilines is 1. The summed E-state index contributed by atoms with van der Waals surface area (Å²) in [5.41, 5.74) is 6.83. The van der Waals surface area contributed by atoms with E-state index in [0.717, 1.165) is 36.1 Å². The highest BCUT2D eigenvalue weighted by molar-refractivity contribution is 5.93. The lowest BCUT2D eigenvalue weighted by Gasteiger charge is -2.38. The van der Waals surface area contributed by atoms with Gasteiger partial charge in [0.15, 0.2) is 5.78 Å². The number of H-pyrrole nitrogens is 1. The van der Waals surface area contributed by atoms with Crippen LogP contribution in [0.3, 0.4) is 0 Å². The van der Waals surface area contributed by atoms with Crippen LogP contribution in [-0.2, 0) is 13.0 Å². The van der Waals surface area contributed by atoms with Gasteiger partial charge in [-0.05, 0) is 56.7 Å². The van der Waals surface area contributed by atoms with Crippen LogP contribution in [0, 0.1) is 19.8 Å². The number of carbonyl (C=O) groups excluding carboxylic acids is 1. The Kier molecular flexibility index (Phi) is 5.94. The van der Waals surface area contributed by atoms with E-state index in [9.17, 15) is 4.79 Å². The first-order valence-electron chi connectivity index (χ1n) is 11.1. The van der Waals surface area contributed by atoms with Gasteiger partial charge in [0, 0.05) is 36.6 Å². The Morgan fingerprint density at radius 2 is 2.00 bits per heavy atom. The lowest BCUT2D eigenvalue weighted by molar-refractivity contribution is 0.101. The molecule has 31 heavy (non-hydrogen) atoms. The molecule has 3 aromatic heterocycles. The van der Waals surface area contributed by atoms with Crippen LogP contribution in [0.15, 0.2) is 24.5 Å². The number of aromatic amines is 1. The summed E-state index contributed by atoms with van der Waals surface area (Å²) in [5.74, 6) is 2.54. The summed E-state index contributed by atoms with van der Waals surface area (Å²) in [5, 5.41) is 11.5. The molecule has 1 atom stereocenters. The molecule has 0 aromatic carbocycles. The average molecular weight is 421 g/mol. The summed E-state index contributed by atoms with van der Waals surface area (Å²) >= 11 is 0. The Bertz CT molecular complexity index is 1080. The normalized spacial score (nSPS) is 17.7. The van der Waals surface area contributed by atoms with E-state index in [4.69, 9.17) is 0 Å². The van der Waals surface area contributed by atoms with E-state index in [2.05, 4.69) is 58.1 Å². The summed E-state index contributed by atoms with van der Waals surface area (Å²) < 4.78 is 1.78. The molecule has 1 aliphatic heterocycles. The van der Waals surface area contributed by atoms with Crippen molar-refractivity contribution in [3.8, 4) is 0 Å². The van der Waals surface area contributed by atoms with Gasteiger partial charge in [-0.2, -0.15) is 10.2 Å². The summed E-state index contributed by atoms with van der Waals surface area (Å²) in [7, 11) is 0. The minimum absolute atomic E-state index is 0.0401. The number of aromatic nitrogens is 5. The van der Waals surface area contributed by atoms with Crippen molar-refractivity contribution in [3.63, 3.8) is 0 Å². The van der Waals surface area contributed by atoms with Crippen LogP contribution in [0.5, 0.6) is 0 Å². The molecule has 3 aromatic rings. The maximum Gasteiger partial charge on any atom is 0.162 e. The van der Waals surface area contributed by atoms with Crippen LogP contribution in [0.4, 0.5) is 5.82 Å². The van der Waals surface area contributed by atoms with Crippen LogP contribution in [0.25, 0.3) is 0 Å². The van der Waals surface area contributed by atoms with E-state index in [1.165, 1.54) is 29.8 Å². The number of ketones is 1. The molecule has 4 heterocycles. The topological polar surface area (TPSA) is 79.7 Å². The maximum absolute atomic E-state index is 11.3. The molecular weight excluding hydrogens is 388 g/mol. The molecule has 5 rings (SSSR count).